The van der Waals surface area contributed by atoms with Gasteiger partial charge in [-0.3, -0.25) is 0 Å². The second kappa shape index (κ2) is 4.01. The number of anilines is 1. The third-order valence-corrected chi connectivity index (χ3v) is 4.51. The number of carboxylic acids is 1. The van der Waals surface area contributed by atoms with Gasteiger partial charge >= 0.3 is 5.97 Å². The molecule has 0 unspecified atom stereocenters. The molecule has 2 N–H and O–H groups in total. The monoisotopic (exact) mass is 341 g/mol. The highest BCUT2D eigenvalue weighted by atomic mass is 127. The highest BCUT2D eigenvalue weighted by Gasteiger charge is 2.41. The molecule has 0 spiro atoms. The molecule has 0 aromatic heterocycles. The molecule has 88 valence electrons. The number of halogens is 1. The summed E-state index contributed by atoms with van der Waals surface area (Å²) in [5.74, 6) is -0.353. The van der Waals surface area contributed by atoms with Crippen LogP contribution in [0.5, 0.6) is 0 Å². The lowest BCUT2D eigenvalue weighted by molar-refractivity contribution is -0.139. The second-order valence-electron chi connectivity index (χ2n) is 4.52. The molecule has 3 rings (SSSR count). The van der Waals surface area contributed by atoms with E-state index in [1.54, 1.807) is 0 Å². The van der Waals surface area contributed by atoms with Gasteiger partial charge in [0.05, 0.1) is 5.69 Å². The van der Waals surface area contributed by atoms with Crippen LogP contribution in [0.3, 0.4) is 0 Å². The predicted molar refractivity (Wildman–Crippen MR) is 74.2 cm³/mol. The van der Waals surface area contributed by atoms with E-state index in [2.05, 4.69) is 46.1 Å². The summed E-state index contributed by atoms with van der Waals surface area (Å²) in [5, 5.41) is 12.5. The fourth-order valence-corrected chi connectivity index (χ4v) is 3.50. The Balaban J connectivity index is 2.12. The molecule has 0 fully saturated rings. The highest BCUT2D eigenvalue weighted by Crippen LogP contribution is 2.45. The maximum atomic E-state index is 11.3. The quantitative estimate of drug-likeness (QED) is 0.610. The summed E-state index contributed by atoms with van der Waals surface area (Å²) in [6.45, 7) is 0. The molecule has 3 atom stereocenters. The third-order valence-electron chi connectivity index (χ3n) is 3.61. The minimum absolute atomic E-state index is 0.151. The summed E-state index contributed by atoms with van der Waals surface area (Å²) in [7, 11) is 0. The van der Waals surface area contributed by atoms with E-state index >= 15 is 0 Å². The van der Waals surface area contributed by atoms with Crippen molar-refractivity contribution in [2.45, 2.75) is 18.4 Å². The van der Waals surface area contributed by atoms with Gasteiger partial charge < -0.3 is 10.4 Å². The van der Waals surface area contributed by atoms with Gasteiger partial charge in [0, 0.05) is 15.4 Å². The number of aliphatic carboxylic acids is 1. The Morgan fingerprint density at radius 1 is 1.47 bits per heavy atom. The Kier molecular flexibility index (Phi) is 2.61. The summed E-state index contributed by atoms with van der Waals surface area (Å²) >= 11 is 2.25. The molecule has 0 bridgehead atoms. The maximum absolute atomic E-state index is 11.3. The number of fused-ring (bicyclic) bond motifs is 3. The zero-order valence-corrected chi connectivity index (χ0v) is 11.2. The minimum Gasteiger partial charge on any atom is -0.480 e. The Morgan fingerprint density at radius 3 is 3.06 bits per heavy atom. The fraction of sp³-hybridized carbons (Fsp3) is 0.308. The molecule has 1 aromatic rings. The van der Waals surface area contributed by atoms with Crippen LogP contribution in [-0.4, -0.2) is 17.1 Å². The molecule has 0 radical (unpaired) electrons. The highest BCUT2D eigenvalue weighted by molar-refractivity contribution is 14.1. The molecule has 17 heavy (non-hydrogen) atoms. The Morgan fingerprint density at radius 2 is 2.29 bits per heavy atom. The van der Waals surface area contributed by atoms with Crippen LogP contribution in [0.15, 0.2) is 30.4 Å². The van der Waals surface area contributed by atoms with Crippen molar-refractivity contribution in [2.24, 2.45) is 5.92 Å². The Bertz CT molecular complexity index is 512. The molecule has 4 heteroatoms. The summed E-state index contributed by atoms with van der Waals surface area (Å²) in [4.78, 5) is 11.3. The van der Waals surface area contributed by atoms with Crippen LogP contribution in [0.25, 0.3) is 0 Å². The van der Waals surface area contributed by atoms with E-state index < -0.39 is 12.0 Å². The van der Waals surface area contributed by atoms with Crippen molar-refractivity contribution in [2.75, 3.05) is 5.32 Å². The topological polar surface area (TPSA) is 49.3 Å². The van der Waals surface area contributed by atoms with Crippen LogP contribution in [0.4, 0.5) is 5.69 Å². The third kappa shape index (κ3) is 1.66. The Labute approximate surface area is 113 Å². The first-order valence-electron chi connectivity index (χ1n) is 5.63. The summed E-state index contributed by atoms with van der Waals surface area (Å²) in [6, 6.07) is 5.66. The lowest BCUT2D eigenvalue weighted by Crippen LogP contribution is -2.42. The first-order valence-corrected chi connectivity index (χ1v) is 6.71. The van der Waals surface area contributed by atoms with Crippen molar-refractivity contribution in [3.8, 4) is 0 Å². The molecule has 0 amide bonds. The van der Waals surface area contributed by atoms with Crippen LogP contribution in [0, 0.1) is 9.49 Å². The number of hydrogen-bond acceptors (Lipinski definition) is 2. The van der Waals surface area contributed by atoms with Gasteiger partial charge in [0.25, 0.3) is 0 Å². The van der Waals surface area contributed by atoms with Crippen molar-refractivity contribution in [3.05, 3.63) is 39.5 Å². The molecular formula is C13H12INO2. The van der Waals surface area contributed by atoms with E-state index in [1.165, 1.54) is 5.56 Å². The minimum atomic E-state index is -0.756. The lowest BCUT2D eigenvalue weighted by Gasteiger charge is -2.35. The number of hydrogen-bond donors (Lipinski definition) is 2. The van der Waals surface area contributed by atoms with E-state index in [-0.39, 0.29) is 11.8 Å². The SMILES string of the molecule is O=C(O)[C@H]1Nc2c(I)cccc2[C@H]2C=CC[C@H]12. The standard InChI is InChI=1S/C13H12INO2/c14-10-6-2-5-8-7-3-1-4-9(7)12(13(16)17)15-11(8)10/h1-3,5-7,9,12,15H,4H2,(H,16,17)/t7-,9+,12+/m1/s1. The van der Waals surface area contributed by atoms with Gasteiger partial charge in [0.15, 0.2) is 0 Å². The first-order chi connectivity index (χ1) is 8.18. The van der Waals surface area contributed by atoms with E-state index in [4.69, 9.17) is 0 Å². The predicted octanol–water partition coefficient (Wildman–Crippen LogP) is 2.83. The van der Waals surface area contributed by atoms with Crippen LogP contribution >= 0.6 is 22.6 Å². The average Bonchev–Trinajstić information content (AvgIpc) is 2.77. The summed E-state index contributed by atoms with van der Waals surface area (Å²) in [6.07, 6.45) is 5.10. The number of carbonyl (C=O) groups is 1. The zero-order valence-electron chi connectivity index (χ0n) is 9.06. The summed E-state index contributed by atoms with van der Waals surface area (Å²) < 4.78 is 1.09. The smallest absolute Gasteiger partial charge is 0.326 e. The molecule has 1 aliphatic carbocycles. The van der Waals surface area contributed by atoms with Crippen molar-refractivity contribution in [1.82, 2.24) is 0 Å². The zero-order chi connectivity index (χ0) is 12.0. The van der Waals surface area contributed by atoms with E-state index in [0.29, 0.717) is 0 Å². The molecule has 1 aliphatic heterocycles. The van der Waals surface area contributed by atoms with Crippen LogP contribution in [0.1, 0.15) is 17.9 Å². The molecule has 1 heterocycles. The van der Waals surface area contributed by atoms with Crippen molar-refractivity contribution in [3.63, 3.8) is 0 Å². The fourth-order valence-electron chi connectivity index (χ4n) is 2.83. The van der Waals surface area contributed by atoms with Gasteiger partial charge in [-0.2, -0.15) is 0 Å². The Hall–Kier alpha value is -1.04. The van der Waals surface area contributed by atoms with Gasteiger partial charge in [-0.25, -0.2) is 4.79 Å². The maximum Gasteiger partial charge on any atom is 0.326 e. The van der Waals surface area contributed by atoms with Crippen molar-refractivity contribution in [1.29, 1.82) is 0 Å². The van der Waals surface area contributed by atoms with Gasteiger partial charge in [0.2, 0.25) is 0 Å². The van der Waals surface area contributed by atoms with Crippen molar-refractivity contribution >= 4 is 34.2 Å². The van der Waals surface area contributed by atoms with Crippen LogP contribution in [-0.2, 0) is 4.79 Å². The number of allylic oxidation sites excluding steroid dienone is 2. The van der Waals surface area contributed by atoms with Crippen LogP contribution < -0.4 is 5.32 Å². The second-order valence-corrected chi connectivity index (χ2v) is 5.68. The number of carboxylic acid groups (broad SMARTS) is 1. The molecule has 1 aromatic carbocycles. The number of rotatable bonds is 1. The molecule has 3 nitrogen and oxygen atoms in total. The van der Waals surface area contributed by atoms with Crippen molar-refractivity contribution < 1.29 is 9.90 Å². The van der Waals surface area contributed by atoms with Crippen LogP contribution in [0.2, 0.25) is 0 Å². The van der Waals surface area contributed by atoms with E-state index in [1.807, 2.05) is 12.1 Å². The number of benzene rings is 1. The number of para-hydroxylation sites is 1. The molecular weight excluding hydrogens is 329 g/mol. The molecule has 0 saturated carbocycles. The molecule has 2 aliphatic rings. The van der Waals surface area contributed by atoms with Gasteiger partial charge in [-0.05, 0) is 40.6 Å². The van der Waals surface area contributed by atoms with E-state index in [0.717, 1.165) is 15.7 Å². The molecule has 0 saturated heterocycles. The van der Waals surface area contributed by atoms with Gasteiger partial charge in [-0.1, -0.05) is 24.3 Å². The number of nitrogens with one attached hydrogen (secondary N) is 1. The first kappa shape index (κ1) is 11.1. The van der Waals surface area contributed by atoms with Gasteiger partial charge in [0.1, 0.15) is 6.04 Å². The largest absolute Gasteiger partial charge is 0.480 e. The lowest BCUT2D eigenvalue weighted by atomic mass is 9.79. The van der Waals surface area contributed by atoms with E-state index in [9.17, 15) is 9.90 Å². The van der Waals surface area contributed by atoms with Gasteiger partial charge in [-0.15, -0.1) is 0 Å². The average molecular weight is 341 g/mol. The summed E-state index contributed by atoms with van der Waals surface area (Å²) in [5.41, 5.74) is 2.22. The normalized spacial score (nSPS) is 29.4.